The van der Waals surface area contributed by atoms with Crippen LogP contribution in [0.5, 0.6) is 5.75 Å². The number of piperazine rings is 1. The molecule has 294 valence electrons. The van der Waals surface area contributed by atoms with Crippen molar-refractivity contribution < 1.29 is 28.7 Å². The minimum absolute atomic E-state index is 0.0187. The van der Waals surface area contributed by atoms with Crippen molar-refractivity contribution in [3.63, 3.8) is 0 Å². The summed E-state index contributed by atoms with van der Waals surface area (Å²) in [6.45, 7) is 6.31. The molecule has 57 heavy (non-hydrogen) atoms. The molecule has 0 spiro atoms. The molecule has 0 radical (unpaired) electrons. The number of halogens is 1. The number of carbonyl (C=O) groups is 5. The first-order valence-corrected chi connectivity index (χ1v) is 20.1. The highest BCUT2D eigenvalue weighted by Crippen LogP contribution is 2.53. The third-order valence-electron chi connectivity index (χ3n) is 12.6. The number of nitriles is 1. The van der Waals surface area contributed by atoms with E-state index in [9.17, 15) is 24.0 Å². The van der Waals surface area contributed by atoms with Gasteiger partial charge in [0.1, 0.15) is 17.9 Å². The number of aromatic nitrogens is 2. The SMILES string of the molecule is N#Cc1ccc(O[C@H]2CC[C@H](NC(=O)c3ccc(N4CCN(C[C@@H]5[C@H]6CN(c7ccc8c(c7)C(=O)N(C7CCC(=O)NC7=O)C8=O)C[C@@H]56)CC4)nn3)CC2)cc1Cl. The lowest BCUT2D eigenvalue weighted by molar-refractivity contribution is -0.136. The van der Waals surface area contributed by atoms with Gasteiger partial charge in [-0.25, -0.2) is 0 Å². The minimum atomic E-state index is -0.971. The number of ether oxygens (including phenoxy) is 1. The molecule has 4 atom stereocenters. The molecule has 1 aromatic heterocycles. The summed E-state index contributed by atoms with van der Waals surface area (Å²) in [6, 6.07) is 15.2. The second kappa shape index (κ2) is 15.1. The lowest BCUT2D eigenvalue weighted by atomic mass is 9.93. The Bertz CT molecular complexity index is 2170. The summed E-state index contributed by atoms with van der Waals surface area (Å²) in [5, 5.41) is 23.5. The molecule has 3 aromatic rings. The van der Waals surface area contributed by atoms with E-state index in [2.05, 4.69) is 41.6 Å². The maximum Gasteiger partial charge on any atom is 0.272 e. The van der Waals surface area contributed by atoms with Crippen molar-refractivity contribution in [3.8, 4) is 11.8 Å². The average molecular weight is 792 g/mol. The van der Waals surface area contributed by atoms with Crippen LogP contribution in [0.1, 0.15) is 75.3 Å². The van der Waals surface area contributed by atoms with E-state index in [-0.39, 0.29) is 30.9 Å². The van der Waals surface area contributed by atoms with Gasteiger partial charge < -0.3 is 19.9 Å². The van der Waals surface area contributed by atoms with Gasteiger partial charge in [-0.3, -0.25) is 39.1 Å². The number of amides is 5. The van der Waals surface area contributed by atoms with Crippen LogP contribution in [0.2, 0.25) is 5.02 Å². The number of carbonyl (C=O) groups excluding carboxylic acids is 5. The van der Waals surface area contributed by atoms with Crippen LogP contribution in [0, 0.1) is 29.1 Å². The normalized spacial score (nSPS) is 27.1. The van der Waals surface area contributed by atoms with Crippen LogP contribution in [0.25, 0.3) is 0 Å². The van der Waals surface area contributed by atoms with Crippen LogP contribution < -0.4 is 25.2 Å². The summed E-state index contributed by atoms with van der Waals surface area (Å²) in [5.41, 5.74) is 2.23. The third kappa shape index (κ3) is 7.28. The first-order chi connectivity index (χ1) is 27.6. The maximum absolute atomic E-state index is 13.3. The van der Waals surface area contributed by atoms with Crippen molar-refractivity contribution in [2.24, 2.45) is 17.8 Å². The number of fused-ring (bicyclic) bond motifs is 2. The lowest BCUT2D eigenvalue weighted by Gasteiger charge is -2.35. The zero-order chi connectivity index (χ0) is 39.4. The molecule has 0 bridgehead atoms. The number of hydrogen-bond donors (Lipinski definition) is 2. The van der Waals surface area contributed by atoms with Crippen LogP contribution in [0.15, 0.2) is 48.5 Å². The fraction of sp³-hybridized carbons (Fsp3) is 0.463. The van der Waals surface area contributed by atoms with Crippen LogP contribution in [-0.4, -0.2) is 114 Å². The molecule has 3 saturated heterocycles. The summed E-state index contributed by atoms with van der Waals surface area (Å²) in [5.74, 6) is 0.984. The first kappa shape index (κ1) is 37.0. The van der Waals surface area contributed by atoms with Gasteiger partial charge in [0.2, 0.25) is 11.8 Å². The molecule has 5 amide bonds. The van der Waals surface area contributed by atoms with E-state index in [1.54, 1.807) is 36.4 Å². The molecule has 9 rings (SSSR count). The van der Waals surface area contributed by atoms with Crippen molar-refractivity contribution >= 4 is 52.6 Å². The fourth-order valence-corrected chi connectivity index (χ4v) is 9.51. The van der Waals surface area contributed by atoms with E-state index < -0.39 is 29.7 Å². The van der Waals surface area contributed by atoms with Crippen LogP contribution in [-0.2, 0) is 9.59 Å². The summed E-state index contributed by atoms with van der Waals surface area (Å²) < 4.78 is 6.08. The molecule has 5 fully saturated rings. The Morgan fingerprint density at radius 3 is 2.32 bits per heavy atom. The number of benzene rings is 2. The number of imide groups is 2. The Balaban J connectivity index is 0.701. The van der Waals surface area contributed by atoms with E-state index in [4.69, 9.17) is 21.6 Å². The zero-order valence-corrected chi connectivity index (χ0v) is 32.0. The zero-order valence-electron chi connectivity index (χ0n) is 31.2. The van der Waals surface area contributed by atoms with Gasteiger partial charge in [-0.15, -0.1) is 10.2 Å². The number of rotatable bonds is 9. The van der Waals surface area contributed by atoms with Crippen LogP contribution >= 0.6 is 11.6 Å². The number of nitrogens with zero attached hydrogens (tertiary/aromatic N) is 7. The molecule has 5 heterocycles. The second-order valence-electron chi connectivity index (χ2n) is 16.0. The van der Waals surface area contributed by atoms with Crippen molar-refractivity contribution in [2.45, 2.75) is 56.7 Å². The smallest absolute Gasteiger partial charge is 0.272 e. The van der Waals surface area contributed by atoms with Gasteiger partial charge in [0.25, 0.3) is 17.7 Å². The van der Waals surface area contributed by atoms with Gasteiger partial charge in [-0.1, -0.05) is 11.6 Å². The average Bonchev–Trinajstić information content (AvgIpc) is 3.51. The second-order valence-corrected chi connectivity index (χ2v) is 16.4. The summed E-state index contributed by atoms with van der Waals surface area (Å²) in [7, 11) is 0. The summed E-state index contributed by atoms with van der Waals surface area (Å²) >= 11 is 6.14. The first-order valence-electron chi connectivity index (χ1n) is 19.7. The molecular formula is C41H42ClN9O6. The molecule has 2 aromatic carbocycles. The summed E-state index contributed by atoms with van der Waals surface area (Å²) in [4.78, 5) is 71.5. The highest BCUT2D eigenvalue weighted by molar-refractivity contribution is 6.31. The van der Waals surface area contributed by atoms with Gasteiger partial charge in [0, 0.05) is 70.0 Å². The van der Waals surface area contributed by atoms with Gasteiger partial charge in [0.15, 0.2) is 11.5 Å². The van der Waals surface area contributed by atoms with Gasteiger partial charge >= 0.3 is 0 Å². The number of anilines is 2. The Hall–Kier alpha value is -5.59. The van der Waals surface area contributed by atoms with E-state index in [1.165, 1.54) is 0 Å². The standard InChI is InChI=1S/C41H42ClN9O6/c42-33-18-27(5-1-23(33)19-43)57-26-6-2-24(3-7-26)44-38(53)34-9-11-36(47-46-34)49-15-13-48(14-16-49)20-30-31-21-50(22-32(30)31)25-4-8-28-29(17-25)41(56)51(40(28)55)35-10-12-37(52)45-39(35)54/h1,4-5,8-9,11,17-18,24,26,30-32,35H,2-3,6-7,10,12-16,20-22H2,(H,44,53)(H,45,52,54)/t24-,26-,30-,31-,32+,35?. The number of nitrogens with one attached hydrogen (secondary N) is 2. The number of piperidine rings is 2. The Morgan fingerprint density at radius 1 is 0.877 bits per heavy atom. The van der Waals surface area contributed by atoms with Crippen molar-refractivity contribution in [1.29, 1.82) is 5.26 Å². The van der Waals surface area contributed by atoms with Gasteiger partial charge in [-0.05, 0) is 92.3 Å². The fourth-order valence-electron chi connectivity index (χ4n) is 9.30. The van der Waals surface area contributed by atoms with E-state index in [0.29, 0.717) is 50.9 Å². The number of hydrogen-bond acceptors (Lipinski definition) is 12. The molecule has 4 aliphatic heterocycles. The highest BCUT2D eigenvalue weighted by Gasteiger charge is 2.56. The minimum Gasteiger partial charge on any atom is -0.490 e. The monoisotopic (exact) mass is 791 g/mol. The molecule has 2 aliphatic carbocycles. The van der Waals surface area contributed by atoms with Crippen LogP contribution in [0.3, 0.4) is 0 Å². The Kier molecular flexibility index (Phi) is 9.78. The molecular weight excluding hydrogens is 750 g/mol. The quantitative estimate of drug-likeness (QED) is 0.303. The Labute approximate surface area is 334 Å². The summed E-state index contributed by atoms with van der Waals surface area (Å²) in [6.07, 6.45) is 3.39. The molecule has 1 unspecified atom stereocenters. The highest BCUT2D eigenvalue weighted by atomic mass is 35.5. The maximum atomic E-state index is 13.3. The molecule has 16 heteroatoms. The van der Waals surface area contributed by atoms with E-state index in [0.717, 1.165) is 87.9 Å². The molecule has 15 nitrogen and oxygen atoms in total. The predicted molar refractivity (Wildman–Crippen MR) is 207 cm³/mol. The van der Waals surface area contributed by atoms with Crippen molar-refractivity contribution in [1.82, 2.24) is 30.6 Å². The topological polar surface area (TPSA) is 181 Å². The van der Waals surface area contributed by atoms with Gasteiger partial charge in [0.05, 0.1) is 27.8 Å². The lowest BCUT2D eigenvalue weighted by Crippen LogP contribution is -2.54. The predicted octanol–water partition coefficient (Wildman–Crippen LogP) is 3.03. The van der Waals surface area contributed by atoms with Crippen LogP contribution in [0.4, 0.5) is 11.5 Å². The van der Waals surface area contributed by atoms with Crippen molar-refractivity contribution in [2.75, 3.05) is 55.6 Å². The Morgan fingerprint density at radius 2 is 1.63 bits per heavy atom. The largest absolute Gasteiger partial charge is 0.490 e. The van der Waals surface area contributed by atoms with E-state index >= 15 is 0 Å². The van der Waals surface area contributed by atoms with Crippen molar-refractivity contribution in [3.05, 3.63) is 75.9 Å². The molecule has 6 aliphatic rings. The van der Waals surface area contributed by atoms with Gasteiger partial charge in [-0.2, -0.15) is 5.26 Å². The van der Waals surface area contributed by atoms with E-state index in [1.807, 2.05) is 12.1 Å². The molecule has 2 N–H and O–H groups in total. The third-order valence-corrected chi connectivity index (χ3v) is 12.9. The molecule has 2 saturated carbocycles.